The molecule has 0 radical (unpaired) electrons. The Morgan fingerprint density at radius 3 is 2.30 bits per heavy atom. The molecule has 0 spiro atoms. The number of hydrogen-bond acceptors (Lipinski definition) is 3. The van der Waals surface area contributed by atoms with Crippen LogP contribution >= 0.6 is 11.8 Å². The zero-order valence-electron chi connectivity index (χ0n) is 17.9. The molecule has 0 saturated heterocycles. The number of hydrogen-bond donors (Lipinski definition) is 1. The van der Waals surface area contributed by atoms with E-state index in [1.807, 2.05) is 39.0 Å². The Balaban J connectivity index is 2.05. The maximum Gasteiger partial charge on any atom is 0.243 e. The molecule has 0 saturated carbocycles. The van der Waals surface area contributed by atoms with Gasteiger partial charge in [0.05, 0.1) is 0 Å². The average molecular weight is 431 g/mol. The van der Waals surface area contributed by atoms with Crippen LogP contribution < -0.4 is 5.32 Å². The van der Waals surface area contributed by atoms with Crippen molar-refractivity contribution in [1.82, 2.24) is 10.2 Å². The monoisotopic (exact) mass is 430 g/mol. The molecule has 2 rings (SSSR count). The highest BCUT2D eigenvalue weighted by Gasteiger charge is 2.28. The predicted molar refractivity (Wildman–Crippen MR) is 122 cm³/mol. The van der Waals surface area contributed by atoms with Crippen LogP contribution in [0.15, 0.2) is 54.6 Å². The lowest BCUT2D eigenvalue weighted by Gasteiger charge is -2.31. The van der Waals surface area contributed by atoms with Crippen molar-refractivity contribution in [2.24, 2.45) is 0 Å². The van der Waals surface area contributed by atoms with E-state index in [4.69, 9.17) is 0 Å². The van der Waals surface area contributed by atoms with Gasteiger partial charge in [-0.05, 0) is 43.5 Å². The molecule has 0 fully saturated rings. The van der Waals surface area contributed by atoms with E-state index >= 15 is 0 Å². The molecule has 6 heteroatoms. The Bertz CT molecular complexity index is 797. The highest BCUT2D eigenvalue weighted by Crippen LogP contribution is 2.17. The van der Waals surface area contributed by atoms with Crippen LogP contribution in [0.1, 0.15) is 44.7 Å². The molecule has 0 aliphatic heterocycles. The van der Waals surface area contributed by atoms with Crippen molar-refractivity contribution in [2.45, 2.75) is 58.0 Å². The molecule has 0 heterocycles. The normalized spacial score (nSPS) is 11.9. The number of halogens is 1. The standard InChI is InChI=1S/C24H31FN2O2S/c1-4-22(24(29)26-18(2)3)27(16-19-10-12-21(25)13-11-19)23(28)14-15-30-17-20-8-6-5-7-9-20/h5-13,18,22H,4,14-17H2,1-3H3,(H,26,29). The van der Waals surface area contributed by atoms with Gasteiger partial charge in [-0.3, -0.25) is 9.59 Å². The molecule has 0 aromatic heterocycles. The second-order valence-corrected chi connectivity index (χ2v) is 8.63. The Hall–Kier alpha value is -2.34. The van der Waals surface area contributed by atoms with Gasteiger partial charge in [-0.1, -0.05) is 49.4 Å². The van der Waals surface area contributed by atoms with E-state index in [0.29, 0.717) is 18.6 Å². The lowest BCUT2D eigenvalue weighted by Crippen LogP contribution is -2.50. The van der Waals surface area contributed by atoms with Gasteiger partial charge >= 0.3 is 0 Å². The topological polar surface area (TPSA) is 49.4 Å². The van der Waals surface area contributed by atoms with Crippen LogP contribution in [0.25, 0.3) is 0 Å². The summed E-state index contributed by atoms with van der Waals surface area (Å²) < 4.78 is 13.3. The molecule has 0 aliphatic rings. The van der Waals surface area contributed by atoms with Crippen molar-refractivity contribution in [2.75, 3.05) is 5.75 Å². The van der Waals surface area contributed by atoms with Crippen molar-refractivity contribution in [3.8, 4) is 0 Å². The highest BCUT2D eigenvalue weighted by atomic mass is 32.2. The fourth-order valence-electron chi connectivity index (χ4n) is 3.15. The molecular formula is C24H31FN2O2S. The lowest BCUT2D eigenvalue weighted by molar-refractivity contribution is -0.141. The molecule has 0 bridgehead atoms. The maximum atomic E-state index is 13.3. The fourth-order valence-corrected chi connectivity index (χ4v) is 4.05. The van der Waals surface area contributed by atoms with E-state index in [0.717, 1.165) is 11.3 Å². The van der Waals surface area contributed by atoms with E-state index in [1.165, 1.54) is 17.7 Å². The van der Waals surface area contributed by atoms with Gasteiger partial charge < -0.3 is 10.2 Å². The van der Waals surface area contributed by atoms with Crippen LogP contribution in [0.2, 0.25) is 0 Å². The molecule has 30 heavy (non-hydrogen) atoms. The number of carbonyl (C=O) groups excluding carboxylic acids is 2. The Labute approximate surface area is 183 Å². The molecule has 1 N–H and O–H groups in total. The first-order chi connectivity index (χ1) is 14.4. The van der Waals surface area contributed by atoms with Crippen molar-refractivity contribution in [3.63, 3.8) is 0 Å². The first kappa shape index (κ1) is 23.9. The third-order valence-corrected chi connectivity index (χ3v) is 5.69. The smallest absolute Gasteiger partial charge is 0.243 e. The predicted octanol–water partition coefficient (Wildman–Crippen LogP) is 4.78. The van der Waals surface area contributed by atoms with Crippen molar-refractivity contribution in [1.29, 1.82) is 0 Å². The summed E-state index contributed by atoms with van der Waals surface area (Å²) in [7, 11) is 0. The van der Waals surface area contributed by atoms with E-state index in [2.05, 4.69) is 17.4 Å². The van der Waals surface area contributed by atoms with Crippen LogP contribution in [-0.2, 0) is 21.9 Å². The van der Waals surface area contributed by atoms with E-state index in [9.17, 15) is 14.0 Å². The summed E-state index contributed by atoms with van der Waals surface area (Å²) in [4.78, 5) is 27.4. The number of nitrogens with zero attached hydrogens (tertiary/aromatic N) is 1. The summed E-state index contributed by atoms with van der Waals surface area (Å²) in [6.45, 7) is 5.99. The molecule has 1 unspecified atom stereocenters. The Morgan fingerprint density at radius 2 is 1.70 bits per heavy atom. The van der Waals surface area contributed by atoms with Gasteiger partial charge in [-0.15, -0.1) is 0 Å². The molecule has 162 valence electrons. The summed E-state index contributed by atoms with van der Waals surface area (Å²) in [5.74, 6) is 0.983. The second kappa shape index (κ2) is 12.4. The molecule has 2 aromatic rings. The molecule has 0 aliphatic carbocycles. The number of benzene rings is 2. The highest BCUT2D eigenvalue weighted by molar-refractivity contribution is 7.98. The summed E-state index contributed by atoms with van der Waals surface area (Å²) in [5.41, 5.74) is 2.03. The van der Waals surface area contributed by atoms with E-state index in [-0.39, 0.29) is 30.2 Å². The minimum Gasteiger partial charge on any atom is -0.352 e. The minimum absolute atomic E-state index is 0.00393. The zero-order chi connectivity index (χ0) is 21.9. The first-order valence-electron chi connectivity index (χ1n) is 10.4. The van der Waals surface area contributed by atoms with Crippen LogP contribution in [-0.4, -0.2) is 34.6 Å². The SMILES string of the molecule is CCC(C(=O)NC(C)C)N(Cc1ccc(F)cc1)C(=O)CCSCc1ccccc1. The number of carbonyl (C=O) groups is 2. The Morgan fingerprint density at radius 1 is 1.03 bits per heavy atom. The number of rotatable bonds is 11. The van der Waals surface area contributed by atoms with Gasteiger partial charge in [0.15, 0.2) is 0 Å². The third-order valence-electron chi connectivity index (χ3n) is 4.65. The largest absolute Gasteiger partial charge is 0.352 e. The van der Waals surface area contributed by atoms with Crippen LogP contribution in [0.3, 0.4) is 0 Å². The van der Waals surface area contributed by atoms with Gasteiger partial charge in [0.1, 0.15) is 11.9 Å². The zero-order valence-corrected chi connectivity index (χ0v) is 18.8. The lowest BCUT2D eigenvalue weighted by atomic mass is 10.1. The van der Waals surface area contributed by atoms with Gasteiger partial charge in [-0.2, -0.15) is 11.8 Å². The summed E-state index contributed by atoms with van der Waals surface area (Å²) in [6, 6.07) is 15.6. The molecule has 2 aromatic carbocycles. The van der Waals surface area contributed by atoms with Gasteiger partial charge in [-0.25, -0.2) is 4.39 Å². The minimum atomic E-state index is -0.552. The van der Waals surface area contributed by atoms with Crippen LogP contribution in [0.5, 0.6) is 0 Å². The Kier molecular flexibility index (Phi) is 9.87. The number of amides is 2. The summed E-state index contributed by atoms with van der Waals surface area (Å²) >= 11 is 1.70. The van der Waals surface area contributed by atoms with Crippen LogP contribution in [0, 0.1) is 5.82 Å². The molecular weight excluding hydrogens is 399 g/mol. The van der Waals surface area contributed by atoms with Gasteiger partial charge in [0.2, 0.25) is 11.8 Å². The first-order valence-corrected chi connectivity index (χ1v) is 11.5. The summed E-state index contributed by atoms with van der Waals surface area (Å²) in [6.07, 6.45) is 0.868. The van der Waals surface area contributed by atoms with E-state index in [1.54, 1.807) is 28.8 Å². The van der Waals surface area contributed by atoms with Crippen molar-refractivity contribution in [3.05, 3.63) is 71.5 Å². The van der Waals surface area contributed by atoms with Gasteiger partial charge in [0, 0.05) is 30.5 Å². The fraction of sp³-hybridized carbons (Fsp3) is 0.417. The molecule has 2 amide bonds. The van der Waals surface area contributed by atoms with E-state index < -0.39 is 6.04 Å². The second-order valence-electron chi connectivity index (χ2n) is 7.52. The molecule has 4 nitrogen and oxygen atoms in total. The van der Waals surface area contributed by atoms with Gasteiger partial charge in [0.25, 0.3) is 0 Å². The van der Waals surface area contributed by atoms with Crippen LogP contribution in [0.4, 0.5) is 4.39 Å². The number of thioether (sulfide) groups is 1. The average Bonchev–Trinajstić information content (AvgIpc) is 2.72. The maximum absolute atomic E-state index is 13.3. The number of nitrogens with one attached hydrogen (secondary N) is 1. The van der Waals surface area contributed by atoms with Crippen molar-refractivity contribution < 1.29 is 14.0 Å². The van der Waals surface area contributed by atoms with Crippen molar-refractivity contribution >= 4 is 23.6 Å². The molecule has 1 atom stereocenters. The summed E-state index contributed by atoms with van der Waals surface area (Å²) in [5, 5.41) is 2.91. The third kappa shape index (κ3) is 7.82. The quantitative estimate of drug-likeness (QED) is 0.522.